The summed E-state index contributed by atoms with van der Waals surface area (Å²) in [7, 11) is 0. The first-order chi connectivity index (χ1) is 7.20. The Kier molecular flexibility index (Phi) is 4.39. The van der Waals surface area contributed by atoms with Crippen LogP contribution in [0.1, 0.15) is 24.9 Å². The molecule has 1 atom stereocenters. The van der Waals surface area contributed by atoms with Crippen molar-refractivity contribution in [3.05, 3.63) is 23.8 Å². The topological polar surface area (TPSA) is 75.7 Å². The SMILES string of the molecule is CCOc1cccc([C@H](N)CCO)c1O. The van der Waals surface area contributed by atoms with E-state index >= 15 is 0 Å². The number of phenols is 1. The smallest absolute Gasteiger partial charge is 0.162 e. The second-order valence-electron chi connectivity index (χ2n) is 3.25. The lowest BCUT2D eigenvalue weighted by molar-refractivity contribution is 0.274. The molecule has 0 aromatic heterocycles. The molecule has 15 heavy (non-hydrogen) atoms. The van der Waals surface area contributed by atoms with Crippen LogP contribution in [0.5, 0.6) is 11.5 Å². The van der Waals surface area contributed by atoms with Gasteiger partial charge in [-0.05, 0) is 19.4 Å². The van der Waals surface area contributed by atoms with Crippen LogP contribution >= 0.6 is 0 Å². The molecule has 0 radical (unpaired) electrons. The fraction of sp³-hybridized carbons (Fsp3) is 0.455. The first-order valence-electron chi connectivity index (χ1n) is 5.01. The van der Waals surface area contributed by atoms with Crippen LogP contribution in [0.2, 0.25) is 0 Å². The normalized spacial score (nSPS) is 12.5. The third kappa shape index (κ3) is 2.84. The van der Waals surface area contributed by atoms with Crippen LogP contribution in [-0.4, -0.2) is 23.4 Å². The van der Waals surface area contributed by atoms with Crippen LogP contribution in [0.25, 0.3) is 0 Å². The largest absolute Gasteiger partial charge is 0.504 e. The van der Waals surface area contributed by atoms with Gasteiger partial charge in [0.15, 0.2) is 11.5 Å². The highest BCUT2D eigenvalue weighted by Crippen LogP contribution is 2.33. The zero-order valence-corrected chi connectivity index (χ0v) is 8.81. The predicted octanol–water partition coefficient (Wildman–Crippen LogP) is 1.17. The van der Waals surface area contributed by atoms with E-state index in [9.17, 15) is 5.11 Å². The minimum atomic E-state index is -0.365. The lowest BCUT2D eigenvalue weighted by Crippen LogP contribution is -2.12. The number of para-hydroxylation sites is 1. The first-order valence-corrected chi connectivity index (χ1v) is 5.01. The van der Waals surface area contributed by atoms with Gasteiger partial charge in [0.05, 0.1) is 6.61 Å². The predicted molar refractivity (Wildman–Crippen MR) is 57.9 cm³/mol. The summed E-state index contributed by atoms with van der Waals surface area (Å²) < 4.78 is 5.24. The van der Waals surface area contributed by atoms with Crippen molar-refractivity contribution in [1.29, 1.82) is 0 Å². The quantitative estimate of drug-likeness (QED) is 0.683. The van der Waals surface area contributed by atoms with E-state index in [0.717, 1.165) is 0 Å². The van der Waals surface area contributed by atoms with E-state index in [-0.39, 0.29) is 18.4 Å². The molecule has 4 nitrogen and oxygen atoms in total. The van der Waals surface area contributed by atoms with Gasteiger partial charge in [0.25, 0.3) is 0 Å². The highest BCUT2D eigenvalue weighted by molar-refractivity contribution is 5.46. The summed E-state index contributed by atoms with van der Waals surface area (Å²) in [5.74, 6) is 0.503. The van der Waals surface area contributed by atoms with Crippen molar-refractivity contribution in [3.63, 3.8) is 0 Å². The van der Waals surface area contributed by atoms with Crippen LogP contribution in [0.4, 0.5) is 0 Å². The van der Waals surface area contributed by atoms with E-state index in [1.807, 2.05) is 6.92 Å². The lowest BCUT2D eigenvalue weighted by atomic mass is 10.0. The number of phenolic OH excluding ortho intramolecular Hbond substituents is 1. The maximum Gasteiger partial charge on any atom is 0.162 e. The summed E-state index contributed by atoms with van der Waals surface area (Å²) >= 11 is 0. The average Bonchev–Trinajstić information content (AvgIpc) is 2.22. The number of hydrogen-bond acceptors (Lipinski definition) is 4. The Balaban J connectivity index is 2.92. The van der Waals surface area contributed by atoms with Gasteiger partial charge in [-0.15, -0.1) is 0 Å². The summed E-state index contributed by atoms with van der Waals surface area (Å²) in [5, 5.41) is 18.6. The number of nitrogens with two attached hydrogens (primary N) is 1. The van der Waals surface area contributed by atoms with E-state index < -0.39 is 0 Å². The lowest BCUT2D eigenvalue weighted by Gasteiger charge is -2.14. The molecule has 0 aliphatic carbocycles. The van der Waals surface area contributed by atoms with E-state index in [1.165, 1.54) is 0 Å². The highest BCUT2D eigenvalue weighted by Gasteiger charge is 2.13. The van der Waals surface area contributed by atoms with E-state index in [4.69, 9.17) is 15.6 Å². The van der Waals surface area contributed by atoms with Crippen LogP contribution in [0.3, 0.4) is 0 Å². The molecule has 84 valence electrons. The molecule has 4 N–H and O–H groups in total. The number of ether oxygens (including phenoxy) is 1. The molecule has 0 aliphatic rings. The fourth-order valence-electron chi connectivity index (χ4n) is 1.41. The summed E-state index contributed by atoms with van der Waals surface area (Å²) in [6, 6.07) is 4.83. The van der Waals surface area contributed by atoms with Gasteiger partial charge in [-0.3, -0.25) is 0 Å². The van der Waals surface area contributed by atoms with Crippen LogP contribution < -0.4 is 10.5 Å². The van der Waals surface area contributed by atoms with Crippen molar-refractivity contribution in [1.82, 2.24) is 0 Å². The molecular formula is C11H17NO3. The van der Waals surface area contributed by atoms with E-state index in [2.05, 4.69) is 0 Å². The van der Waals surface area contributed by atoms with E-state index in [1.54, 1.807) is 18.2 Å². The van der Waals surface area contributed by atoms with Crippen LogP contribution in [0, 0.1) is 0 Å². The molecule has 0 heterocycles. The van der Waals surface area contributed by atoms with E-state index in [0.29, 0.717) is 24.3 Å². The van der Waals surface area contributed by atoms with Gasteiger partial charge < -0.3 is 20.7 Å². The maximum atomic E-state index is 9.83. The molecule has 0 bridgehead atoms. The number of benzene rings is 1. The number of aliphatic hydroxyl groups excluding tert-OH is 1. The van der Waals surface area contributed by atoms with Gasteiger partial charge in [-0.25, -0.2) is 0 Å². The standard InChI is InChI=1S/C11H17NO3/c1-2-15-10-5-3-4-8(11(10)14)9(12)6-7-13/h3-5,9,13-14H,2,6-7,12H2,1H3/t9-/m1/s1. The summed E-state index contributed by atoms with van der Waals surface area (Å²) in [6.45, 7) is 2.34. The molecule has 0 saturated carbocycles. The van der Waals surface area contributed by atoms with Gasteiger partial charge in [0.2, 0.25) is 0 Å². The number of aromatic hydroxyl groups is 1. The molecule has 0 saturated heterocycles. The number of rotatable bonds is 5. The third-order valence-corrected chi connectivity index (χ3v) is 2.17. The molecule has 1 aromatic rings. The Morgan fingerprint density at radius 2 is 2.20 bits per heavy atom. The van der Waals surface area contributed by atoms with Crippen molar-refractivity contribution in [2.45, 2.75) is 19.4 Å². The Morgan fingerprint density at radius 1 is 1.47 bits per heavy atom. The van der Waals surface area contributed by atoms with Gasteiger partial charge in [-0.1, -0.05) is 12.1 Å². The monoisotopic (exact) mass is 211 g/mol. The summed E-state index contributed by atoms with van der Waals surface area (Å²) in [4.78, 5) is 0. The summed E-state index contributed by atoms with van der Waals surface area (Å²) in [5.41, 5.74) is 6.40. The van der Waals surface area contributed by atoms with Crippen molar-refractivity contribution >= 4 is 0 Å². The molecule has 0 spiro atoms. The summed E-state index contributed by atoms with van der Waals surface area (Å²) in [6.07, 6.45) is 0.420. The number of hydrogen-bond donors (Lipinski definition) is 3. The average molecular weight is 211 g/mol. The Morgan fingerprint density at radius 3 is 2.80 bits per heavy atom. The fourth-order valence-corrected chi connectivity index (χ4v) is 1.41. The zero-order valence-electron chi connectivity index (χ0n) is 8.81. The molecule has 0 aliphatic heterocycles. The molecule has 0 fully saturated rings. The van der Waals surface area contributed by atoms with Gasteiger partial charge in [0, 0.05) is 18.2 Å². The molecular weight excluding hydrogens is 194 g/mol. The zero-order chi connectivity index (χ0) is 11.3. The Bertz CT molecular complexity index is 315. The molecule has 4 heteroatoms. The van der Waals surface area contributed by atoms with Gasteiger partial charge in [-0.2, -0.15) is 0 Å². The maximum absolute atomic E-state index is 9.83. The molecule has 0 amide bonds. The van der Waals surface area contributed by atoms with Crippen molar-refractivity contribution in [2.24, 2.45) is 5.73 Å². The van der Waals surface area contributed by atoms with Crippen molar-refractivity contribution < 1.29 is 14.9 Å². The molecule has 1 rings (SSSR count). The molecule has 0 unspecified atom stereocenters. The minimum absolute atomic E-state index is 0.000527. The Labute approximate surface area is 89.3 Å². The van der Waals surface area contributed by atoms with Crippen LogP contribution in [-0.2, 0) is 0 Å². The number of aliphatic hydroxyl groups is 1. The first kappa shape index (κ1) is 11.8. The third-order valence-electron chi connectivity index (χ3n) is 2.17. The second kappa shape index (κ2) is 5.58. The highest BCUT2D eigenvalue weighted by atomic mass is 16.5. The molecule has 1 aromatic carbocycles. The Hall–Kier alpha value is -1.26. The van der Waals surface area contributed by atoms with Crippen LogP contribution in [0.15, 0.2) is 18.2 Å². The van der Waals surface area contributed by atoms with Crippen molar-refractivity contribution in [2.75, 3.05) is 13.2 Å². The van der Waals surface area contributed by atoms with Crippen molar-refractivity contribution in [3.8, 4) is 11.5 Å². The van der Waals surface area contributed by atoms with Gasteiger partial charge >= 0.3 is 0 Å². The second-order valence-corrected chi connectivity index (χ2v) is 3.25. The van der Waals surface area contributed by atoms with Gasteiger partial charge in [0.1, 0.15) is 0 Å². The minimum Gasteiger partial charge on any atom is -0.504 e.